The van der Waals surface area contributed by atoms with E-state index in [1.807, 2.05) is 0 Å². The van der Waals surface area contributed by atoms with Crippen LogP contribution in [0.1, 0.15) is 20.4 Å². The molecule has 28 heavy (non-hydrogen) atoms. The van der Waals surface area contributed by atoms with Crippen LogP contribution in [-0.2, 0) is 6.18 Å². The third-order valence-electron chi connectivity index (χ3n) is 3.69. The first-order chi connectivity index (χ1) is 13.1. The summed E-state index contributed by atoms with van der Waals surface area (Å²) in [5, 5.41) is 2.79. The highest BCUT2D eigenvalue weighted by Gasteiger charge is 2.39. The molecule has 0 fully saturated rings. The summed E-state index contributed by atoms with van der Waals surface area (Å²) in [5.41, 5.74) is -0.910. The smallest absolute Gasteiger partial charge is 0.318 e. The van der Waals surface area contributed by atoms with Gasteiger partial charge in [-0.1, -0.05) is 41.4 Å². The lowest BCUT2D eigenvalue weighted by Crippen LogP contribution is -2.18. The number of nitrogens with zero attached hydrogens (tertiary/aromatic N) is 1. The highest BCUT2D eigenvalue weighted by molar-refractivity contribution is 7.13. The first-order valence-electron chi connectivity index (χ1n) is 7.68. The molecular formula is C18H10Cl2F4N2OS. The minimum atomic E-state index is -4.81. The Bertz CT molecular complexity index is 1070. The summed E-state index contributed by atoms with van der Waals surface area (Å²) in [6.07, 6.45) is -4.81. The fourth-order valence-electron chi connectivity index (χ4n) is 2.50. The molecule has 0 atom stereocenters. The van der Waals surface area contributed by atoms with Crippen LogP contribution in [0.2, 0.25) is 10.0 Å². The molecule has 0 aliphatic carbocycles. The SMILES string of the molecule is Cc1nc(C(F)(F)F)c(C(=O)Nc2c(F)cccc2-c2ccc(Cl)c(Cl)c2)s1. The molecule has 0 saturated carbocycles. The van der Waals surface area contributed by atoms with Gasteiger partial charge in [-0.25, -0.2) is 9.37 Å². The molecule has 146 valence electrons. The minimum absolute atomic E-state index is 0.0655. The molecule has 2 aromatic carbocycles. The normalized spacial score (nSPS) is 11.5. The van der Waals surface area contributed by atoms with Gasteiger partial charge in [0.2, 0.25) is 0 Å². The number of alkyl halides is 3. The van der Waals surface area contributed by atoms with E-state index in [1.165, 1.54) is 31.2 Å². The Morgan fingerprint density at radius 3 is 2.50 bits per heavy atom. The third-order valence-corrected chi connectivity index (χ3v) is 5.40. The van der Waals surface area contributed by atoms with Gasteiger partial charge in [-0.05, 0) is 30.7 Å². The molecule has 0 unspecified atom stereocenters. The second-order valence-electron chi connectivity index (χ2n) is 5.65. The van der Waals surface area contributed by atoms with Gasteiger partial charge in [-0.2, -0.15) is 13.2 Å². The number of carbonyl (C=O) groups is 1. The zero-order valence-electron chi connectivity index (χ0n) is 14.0. The standard InChI is InChI=1S/C18H10Cl2F4N2OS/c1-8-25-16(18(22,23)24)15(28-8)17(27)26-14-10(3-2-4-13(14)21)9-5-6-11(19)12(20)7-9/h2-7H,1H3,(H,26,27). The Balaban J connectivity index is 2.04. The number of rotatable bonds is 3. The van der Waals surface area contributed by atoms with Crippen LogP contribution in [0, 0.1) is 12.7 Å². The zero-order valence-corrected chi connectivity index (χ0v) is 16.3. The van der Waals surface area contributed by atoms with E-state index >= 15 is 0 Å². The van der Waals surface area contributed by atoms with Crippen LogP contribution >= 0.6 is 34.5 Å². The topological polar surface area (TPSA) is 42.0 Å². The monoisotopic (exact) mass is 448 g/mol. The van der Waals surface area contributed by atoms with Gasteiger partial charge in [0.15, 0.2) is 5.69 Å². The largest absolute Gasteiger partial charge is 0.435 e. The van der Waals surface area contributed by atoms with Crippen molar-refractivity contribution in [2.45, 2.75) is 13.1 Å². The summed E-state index contributed by atoms with van der Waals surface area (Å²) in [5.74, 6) is -1.92. The number of halogens is 6. The van der Waals surface area contributed by atoms with E-state index in [1.54, 1.807) is 6.07 Å². The summed E-state index contributed by atoms with van der Waals surface area (Å²) in [7, 11) is 0. The number of hydrogen-bond acceptors (Lipinski definition) is 3. The first kappa shape index (κ1) is 20.6. The highest BCUT2D eigenvalue weighted by atomic mass is 35.5. The molecule has 1 amide bonds. The van der Waals surface area contributed by atoms with Crippen LogP contribution in [-0.4, -0.2) is 10.9 Å². The van der Waals surface area contributed by atoms with E-state index in [0.29, 0.717) is 16.9 Å². The van der Waals surface area contributed by atoms with Crippen molar-refractivity contribution in [3.8, 4) is 11.1 Å². The van der Waals surface area contributed by atoms with Crippen LogP contribution < -0.4 is 5.32 Å². The van der Waals surface area contributed by atoms with Gasteiger partial charge in [-0.3, -0.25) is 4.79 Å². The summed E-state index contributed by atoms with van der Waals surface area (Å²) in [4.78, 5) is 15.2. The molecule has 0 radical (unpaired) electrons. The van der Waals surface area contributed by atoms with Crippen molar-refractivity contribution in [2.24, 2.45) is 0 Å². The third kappa shape index (κ3) is 4.14. The summed E-state index contributed by atoms with van der Waals surface area (Å²) < 4.78 is 53.8. The molecule has 1 aromatic heterocycles. The van der Waals surface area contributed by atoms with Crippen LogP contribution in [0.15, 0.2) is 36.4 Å². The van der Waals surface area contributed by atoms with Crippen molar-refractivity contribution in [3.63, 3.8) is 0 Å². The summed E-state index contributed by atoms with van der Waals surface area (Å²) in [6, 6.07) is 8.49. The number of aromatic nitrogens is 1. The second kappa shape index (κ2) is 7.69. The molecule has 0 saturated heterocycles. The Morgan fingerprint density at radius 2 is 1.86 bits per heavy atom. The van der Waals surface area contributed by atoms with Crippen LogP contribution in [0.4, 0.5) is 23.2 Å². The lowest BCUT2D eigenvalue weighted by Gasteiger charge is -2.13. The first-order valence-corrected chi connectivity index (χ1v) is 9.25. The average Bonchev–Trinajstić information content (AvgIpc) is 3.01. The van der Waals surface area contributed by atoms with E-state index in [9.17, 15) is 22.4 Å². The molecule has 10 heteroatoms. The van der Waals surface area contributed by atoms with Crippen molar-refractivity contribution < 1.29 is 22.4 Å². The lowest BCUT2D eigenvalue weighted by atomic mass is 10.0. The maximum atomic E-state index is 14.4. The van der Waals surface area contributed by atoms with Crippen LogP contribution in [0.25, 0.3) is 11.1 Å². The number of anilines is 1. The number of benzene rings is 2. The van der Waals surface area contributed by atoms with Gasteiger partial charge >= 0.3 is 6.18 Å². The number of amides is 1. The van der Waals surface area contributed by atoms with Crippen molar-refractivity contribution in [1.29, 1.82) is 0 Å². The molecule has 3 aromatic rings. The van der Waals surface area contributed by atoms with Crippen molar-refractivity contribution >= 4 is 46.1 Å². The van der Waals surface area contributed by atoms with Gasteiger partial charge in [0, 0.05) is 5.56 Å². The molecule has 3 rings (SSSR count). The summed E-state index contributed by atoms with van der Waals surface area (Å²) >= 11 is 12.4. The van der Waals surface area contributed by atoms with E-state index in [2.05, 4.69) is 10.3 Å². The Kier molecular flexibility index (Phi) is 5.65. The highest BCUT2D eigenvalue weighted by Crippen LogP contribution is 2.37. The molecule has 0 aliphatic rings. The number of nitrogens with one attached hydrogen (secondary N) is 1. The van der Waals surface area contributed by atoms with Gasteiger partial charge in [0.1, 0.15) is 10.7 Å². The Labute approximate surface area is 170 Å². The number of aryl methyl sites for hydroxylation is 1. The Hall–Kier alpha value is -2.16. The van der Waals surface area contributed by atoms with E-state index in [-0.39, 0.29) is 26.3 Å². The average molecular weight is 449 g/mol. The van der Waals surface area contributed by atoms with Crippen molar-refractivity contribution in [2.75, 3.05) is 5.32 Å². The molecule has 0 bridgehead atoms. The van der Waals surface area contributed by atoms with E-state index < -0.39 is 28.5 Å². The summed E-state index contributed by atoms with van der Waals surface area (Å²) in [6.45, 7) is 1.35. The number of thiazole rings is 1. The second-order valence-corrected chi connectivity index (χ2v) is 7.67. The van der Waals surface area contributed by atoms with E-state index in [0.717, 1.165) is 6.07 Å². The van der Waals surface area contributed by atoms with E-state index in [4.69, 9.17) is 23.2 Å². The van der Waals surface area contributed by atoms with Crippen molar-refractivity contribution in [1.82, 2.24) is 4.98 Å². The lowest BCUT2D eigenvalue weighted by molar-refractivity contribution is -0.141. The van der Waals surface area contributed by atoms with Gasteiger partial charge in [0.25, 0.3) is 5.91 Å². The molecule has 0 aliphatic heterocycles. The molecule has 0 spiro atoms. The zero-order chi connectivity index (χ0) is 20.6. The Morgan fingerprint density at radius 1 is 1.14 bits per heavy atom. The fourth-order valence-corrected chi connectivity index (χ4v) is 3.63. The number of hydrogen-bond donors (Lipinski definition) is 1. The van der Waals surface area contributed by atoms with Crippen LogP contribution in [0.5, 0.6) is 0 Å². The molecular weight excluding hydrogens is 439 g/mol. The quantitative estimate of drug-likeness (QED) is 0.445. The maximum Gasteiger partial charge on any atom is 0.435 e. The van der Waals surface area contributed by atoms with Gasteiger partial charge in [-0.15, -0.1) is 11.3 Å². The van der Waals surface area contributed by atoms with Gasteiger partial charge < -0.3 is 5.32 Å². The minimum Gasteiger partial charge on any atom is -0.318 e. The van der Waals surface area contributed by atoms with Crippen LogP contribution in [0.3, 0.4) is 0 Å². The molecule has 3 nitrogen and oxygen atoms in total. The molecule has 1 N–H and O–H groups in total. The predicted molar refractivity (Wildman–Crippen MR) is 102 cm³/mol. The number of para-hydroxylation sites is 1. The van der Waals surface area contributed by atoms with Gasteiger partial charge in [0.05, 0.1) is 20.7 Å². The fraction of sp³-hybridized carbons (Fsp3) is 0.111. The number of carbonyl (C=O) groups excluding carboxylic acids is 1. The molecule has 1 heterocycles. The maximum absolute atomic E-state index is 14.4. The predicted octanol–water partition coefficient (Wildman–Crippen LogP) is 6.84. The van der Waals surface area contributed by atoms with Crippen molar-refractivity contribution in [3.05, 3.63) is 67.8 Å².